The molecule has 1 aromatic heterocycles. The average Bonchev–Trinajstić information content (AvgIpc) is 3.12. The van der Waals surface area contributed by atoms with Gasteiger partial charge in [0.1, 0.15) is 5.70 Å². The fourth-order valence-corrected chi connectivity index (χ4v) is 2.78. The fraction of sp³-hybridized carbons (Fsp3) is 0.222. The highest BCUT2D eigenvalue weighted by Gasteiger charge is 2.12. The summed E-state index contributed by atoms with van der Waals surface area (Å²) < 4.78 is 10.5. The molecule has 0 aliphatic rings. The van der Waals surface area contributed by atoms with Gasteiger partial charge in [-0.05, 0) is 35.2 Å². The van der Waals surface area contributed by atoms with Crippen LogP contribution in [0.3, 0.4) is 0 Å². The Hall–Kier alpha value is -2.80. The van der Waals surface area contributed by atoms with Crippen molar-refractivity contribution in [2.24, 2.45) is 0 Å². The molecule has 0 saturated heterocycles. The quantitative estimate of drug-likeness (QED) is 0.744. The van der Waals surface area contributed by atoms with Crippen LogP contribution in [0.15, 0.2) is 41.4 Å². The fourth-order valence-electron chi connectivity index (χ4n) is 2.13. The minimum atomic E-state index is -0.363. The number of hydrogen-bond acceptors (Lipinski definition) is 5. The summed E-state index contributed by atoms with van der Waals surface area (Å²) in [6.07, 6.45) is 1.59. The minimum absolute atomic E-state index is 0.163. The van der Waals surface area contributed by atoms with Gasteiger partial charge in [0.15, 0.2) is 11.5 Å². The van der Waals surface area contributed by atoms with Crippen LogP contribution in [-0.2, 0) is 16.1 Å². The van der Waals surface area contributed by atoms with E-state index in [1.165, 1.54) is 14.0 Å². The van der Waals surface area contributed by atoms with Gasteiger partial charge in [-0.3, -0.25) is 9.59 Å². The van der Waals surface area contributed by atoms with E-state index in [9.17, 15) is 9.59 Å². The average molecular weight is 360 g/mol. The van der Waals surface area contributed by atoms with E-state index in [1.807, 2.05) is 17.5 Å². The number of nitrogens with one attached hydrogen (secondary N) is 2. The van der Waals surface area contributed by atoms with Crippen LogP contribution < -0.4 is 20.1 Å². The molecule has 0 aliphatic heterocycles. The van der Waals surface area contributed by atoms with Gasteiger partial charge in [0.25, 0.3) is 5.91 Å². The largest absolute Gasteiger partial charge is 0.493 e. The maximum Gasteiger partial charge on any atom is 0.268 e. The molecular formula is C18H20N2O4S. The number of ether oxygens (including phenoxy) is 2. The van der Waals surface area contributed by atoms with Gasteiger partial charge in [0.2, 0.25) is 5.91 Å². The highest BCUT2D eigenvalue weighted by atomic mass is 32.1. The van der Waals surface area contributed by atoms with E-state index in [-0.39, 0.29) is 17.5 Å². The molecule has 132 valence electrons. The molecule has 1 heterocycles. The van der Waals surface area contributed by atoms with Crippen molar-refractivity contribution in [2.45, 2.75) is 13.5 Å². The summed E-state index contributed by atoms with van der Waals surface area (Å²) >= 11 is 1.55. The summed E-state index contributed by atoms with van der Waals surface area (Å²) in [7, 11) is 3.09. The smallest absolute Gasteiger partial charge is 0.268 e. The van der Waals surface area contributed by atoms with Crippen molar-refractivity contribution in [2.75, 3.05) is 14.2 Å². The number of amides is 2. The summed E-state index contributed by atoms with van der Waals surface area (Å²) in [5.41, 5.74) is 0.865. The molecule has 0 bridgehead atoms. The van der Waals surface area contributed by atoms with Crippen molar-refractivity contribution in [3.8, 4) is 11.5 Å². The zero-order valence-corrected chi connectivity index (χ0v) is 15.1. The molecule has 0 unspecified atom stereocenters. The topological polar surface area (TPSA) is 76.7 Å². The summed E-state index contributed by atoms with van der Waals surface area (Å²) in [6, 6.07) is 9.09. The lowest BCUT2D eigenvalue weighted by Gasteiger charge is -2.11. The van der Waals surface area contributed by atoms with Gasteiger partial charge in [-0.1, -0.05) is 12.1 Å². The van der Waals surface area contributed by atoms with Crippen LogP contribution >= 0.6 is 11.3 Å². The first-order valence-electron chi connectivity index (χ1n) is 7.55. The molecular weight excluding hydrogens is 340 g/mol. The predicted octanol–water partition coefficient (Wildman–Crippen LogP) is 2.56. The van der Waals surface area contributed by atoms with E-state index >= 15 is 0 Å². The second-order valence-corrected chi connectivity index (χ2v) is 6.15. The van der Waals surface area contributed by atoms with Crippen molar-refractivity contribution < 1.29 is 19.1 Å². The lowest BCUT2D eigenvalue weighted by Crippen LogP contribution is -2.33. The van der Waals surface area contributed by atoms with Gasteiger partial charge in [0.05, 0.1) is 20.8 Å². The molecule has 7 heteroatoms. The first-order valence-corrected chi connectivity index (χ1v) is 8.43. The molecule has 0 radical (unpaired) electrons. The standard InChI is InChI=1S/C18H20N2O4S/c1-12(21)20-15(18(22)19-11-14-5-4-8-25-14)9-13-6-7-16(23-2)17(10-13)24-3/h4-10H,11H2,1-3H3,(H,19,22)(H,20,21)/b15-9-. The summed E-state index contributed by atoms with van der Waals surface area (Å²) in [5.74, 6) is 0.441. The van der Waals surface area contributed by atoms with Gasteiger partial charge in [-0.25, -0.2) is 0 Å². The van der Waals surface area contributed by atoms with Gasteiger partial charge >= 0.3 is 0 Å². The highest BCUT2D eigenvalue weighted by Crippen LogP contribution is 2.28. The second-order valence-electron chi connectivity index (χ2n) is 5.12. The van der Waals surface area contributed by atoms with Gasteiger partial charge < -0.3 is 20.1 Å². The predicted molar refractivity (Wildman–Crippen MR) is 97.5 cm³/mol. The van der Waals surface area contributed by atoms with Crippen LogP contribution in [0.2, 0.25) is 0 Å². The Balaban J connectivity index is 2.21. The van der Waals surface area contributed by atoms with E-state index < -0.39 is 0 Å². The Morgan fingerprint density at radius 2 is 1.92 bits per heavy atom. The highest BCUT2D eigenvalue weighted by molar-refractivity contribution is 7.09. The number of thiophene rings is 1. The van der Waals surface area contributed by atoms with Crippen LogP contribution in [-0.4, -0.2) is 26.0 Å². The second kappa shape index (κ2) is 8.89. The van der Waals surface area contributed by atoms with E-state index in [1.54, 1.807) is 42.7 Å². The zero-order valence-electron chi connectivity index (χ0n) is 14.3. The number of carbonyl (C=O) groups excluding carboxylic acids is 2. The van der Waals surface area contributed by atoms with Crippen LogP contribution in [0.5, 0.6) is 11.5 Å². The summed E-state index contributed by atoms with van der Waals surface area (Å²) in [6.45, 7) is 1.76. The molecule has 2 amide bonds. The molecule has 2 N–H and O–H groups in total. The Kier molecular flexibility index (Phi) is 6.59. The van der Waals surface area contributed by atoms with Crippen LogP contribution in [0.1, 0.15) is 17.4 Å². The molecule has 0 saturated carbocycles. The van der Waals surface area contributed by atoms with E-state index in [2.05, 4.69) is 10.6 Å². The van der Waals surface area contributed by atoms with E-state index in [4.69, 9.17) is 9.47 Å². The molecule has 0 aliphatic carbocycles. The zero-order chi connectivity index (χ0) is 18.2. The number of rotatable bonds is 7. The summed E-state index contributed by atoms with van der Waals surface area (Å²) in [4.78, 5) is 24.9. The maximum atomic E-state index is 12.4. The summed E-state index contributed by atoms with van der Waals surface area (Å²) in [5, 5.41) is 7.30. The SMILES string of the molecule is COc1ccc(/C=C(\NC(C)=O)C(=O)NCc2cccs2)cc1OC. The van der Waals surface area contributed by atoms with Gasteiger partial charge in [0, 0.05) is 11.8 Å². The minimum Gasteiger partial charge on any atom is -0.493 e. The molecule has 2 rings (SSSR count). The van der Waals surface area contributed by atoms with Crippen LogP contribution in [0.25, 0.3) is 6.08 Å². The Morgan fingerprint density at radius 1 is 1.16 bits per heavy atom. The molecule has 2 aromatic rings. The Morgan fingerprint density at radius 3 is 2.52 bits per heavy atom. The molecule has 25 heavy (non-hydrogen) atoms. The molecule has 0 atom stereocenters. The monoisotopic (exact) mass is 360 g/mol. The first kappa shape index (κ1) is 18.5. The molecule has 6 nitrogen and oxygen atoms in total. The van der Waals surface area contributed by atoms with Crippen LogP contribution in [0.4, 0.5) is 0 Å². The van der Waals surface area contributed by atoms with Gasteiger partial charge in [-0.15, -0.1) is 11.3 Å². The van der Waals surface area contributed by atoms with Crippen LogP contribution in [0, 0.1) is 0 Å². The third kappa shape index (κ3) is 5.36. The van der Waals surface area contributed by atoms with Crippen molar-refractivity contribution in [3.05, 3.63) is 51.8 Å². The number of hydrogen-bond donors (Lipinski definition) is 2. The Bertz CT molecular complexity index is 769. The van der Waals surface area contributed by atoms with Crippen molar-refractivity contribution in [1.29, 1.82) is 0 Å². The third-order valence-electron chi connectivity index (χ3n) is 3.28. The number of methoxy groups -OCH3 is 2. The first-order chi connectivity index (χ1) is 12.0. The molecule has 0 fully saturated rings. The normalized spacial score (nSPS) is 10.9. The lowest BCUT2D eigenvalue weighted by atomic mass is 10.1. The third-order valence-corrected chi connectivity index (χ3v) is 4.15. The van der Waals surface area contributed by atoms with E-state index in [0.717, 1.165) is 4.88 Å². The van der Waals surface area contributed by atoms with Crippen molar-refractivity contribution >= 4 is 29.2 Å². The lowest BCUT2D eigenvalue weighted by molar-refractivity contribution is -0.122. The van der Waals surface area contributed by atoms with Crippen molar-refractivity contribution in [3.63, 3.8) is 0 Å². The van der Waals surface area contributed by atoms with Crippen molar-refractivity contribution in [1.82, 2.24) is 10.6 Å². The van der Waals surface area contributed by atoms with E-state index in [0.29, 0.717) is 23.6 Å². The molecule has 1 aromatic carbocycles. The van der Waals surface area contributed by atoms with Gasteiger partial charge in [-0.2, -0.15) is 0 Å². The maximum absolute atomic E-state index is 12.4. The molecule has 0 spiro atoms. The number of benzene rings is 1. The Labute approximate surface area is 150 Å². The number of carbonyl (C=O) groups is 2.